The van der Waals surface area contributed by atoms with Crippen LogP contribution in [-0.4, -0.2) is 42.3 Å². The summed E-state index contributed by atoms with van der Waals surface area (Å²) in [4.78, 5) is 28.0. The molecule has 0 aliphatic heterocycles. The lowest BCUT2D eigenvalue weighted by Gasteiger charge is -2.22. The molecule has 0 saturated carbocycles. The van der Waals surface area contributed by atoms with Gasteiger partial charge in [0.25, 0.3) is 11.8 Å². The Labute approximate surface area is 161 Å². The molecule has 0 aliphatic rings. The summed E-state index contributed by atoms with van der Waals surface area (Å²) in [5.41, 5.74) is 2.05. The Hall–Kier alpha value is -1.85. The number of benzene rings is 2. The first-order valence-electron chi connectivity index (χ1n) is 7.88. The van der Waals surface area contributed by atoms with Crippen molar-refractivity contribution >= 4 is 39.3 Å². The van der Waals surface area contributed by atoms with E-state index in [1.54, 1.807) is 49.3 Å². The van der Waals surface area contributed by atoms with Gasteiger partial charge in [0.2, 0.25) is 0 Å². The summed E-state index contributed by atoms with van der Waals surface area (Å²) >= 11 is 9.54. The summed E-state index contributed by atoms with van der Waals surface area (Å²) in [6, 6.07) is 12.5. The van der Waals surface area contributed by atoms with Crippen LogP contribution in [0.4, 0.5) is 0 Å². The van der Waals surface area contributed by atoms with E-state index in [1.165, 1.54) is 4.90 Å². The standard InChI is InChI=1S/C19H20BrClN2O2/c1-4-23(19(25)16-11-15(20)9-10-17(16)21)12-13-5-7-14(8-6-13)18(24)22(2)3/h5-11H,4,12H2,1-3H3. The lowest BCUT2D eigenvalue weighted by atomic mass is 10.1. The summed E-state index contributed by atoms with van der Waals surface area (Å²) in [6.45, 7) is 2.93. The highest BCUT2D eigenvalue weighted by Crippen LogP contribution is 2.23. The molecule has 0 radical (unpaired) electrons. The van der Waals surface area contributed by atoms with Gasteiger partial charge in [-0.1, -0.05) is 39.7 Å². The number of halogens is 2. The molecule has 2 rings (SSSR count). The van der Waals surface area contributed by atoms with Crippen molar-refractivity contribution < 1.29 is 9.59 Å². The molecule has 0 unspecified atom stereocenters. The molecule has 0 saturated heterocycles. The van der Waals surface area contributed by atoms with Crippen molar-refractivity contribution in [3.8, 4) is 0 Å². The average molecular weight is 424 g/mol. The van der Waals surface area contributed by atoms with Crippen molar-refractivity contribution in [2.45, 2.75) is 13.5 Å². The van der Waals surface area contributed by atoms with Crippen molar-refractivity contribution in [1.82, 2.24) is 9.80 Å². The van der Waals surface area contributed by atoms with Crippen LogP contribution in [0.25, 0.3) is 0 Å². The first-order valence-corrected chi connectivity index (χ1v) is 9.05. The molecule has 0 bridgehead atoms. The van der Waals surface area contributed by atoms with Gasteiger partial charge >= 0.3 is 0 Å². The van der Waals surface area contributed by atoms with Gasteiger partial charge in [-0.2, -0.15) is 0 Å². The van der Waals surface area contributed by atoms with E-state index >= 15 is 0 Å². The summed E-state index contributed by atoms with van der Waals surface area (Å²) < 4.78 is 0.808. The van der Waals surface area contributed by atoms with E-state index in [9.17, 15) is 9.59 Å². The van der Waals surface area contributed by atoms with Crippen LogP contribution in [0.2, 0.25) is 5.02 Å². The van der Waals surface area contributed by atoms with Crippen LogP contribution >= 0.6 is 27.5 Å². The third-order valence-electron chi connectivity index (χ3n) is 3.81. The third kappa shape index (κ3) is 4.83. The Bertz CT molecular complexity index is 775. The van der Waals surface area contributed by atoms with Gasteiger partial charge in [-0.15, -0.1) is 0 Å². The summed E-state index contributed by atoms with van der Waals surface area (Å²) in [7, 11) is 3.44. The molecule has 25 heavy (non-hydrogen) atoms. The summed E-state index contributed by atoms with van der Waals surface area (Å²) in [5.74, 6) is -0.168. The predicted octanol–water partition coefficient (Wildman–Crippen LogP) is 4.47. The first-order chi connectivity index (χ1) is 11.8. The van der Waals surface area contributed by atoms with E-state index in [2.05, 4.69) is 15.9 Å². The number of amides is 2. The molecule has 0 aromatic heterocycles. The van der Waals surface area contributed by atoms with Crippen LogP contribution in [0.3, 0.4) is 0 Å². The summed E-state index contributed by atoms with van der Waals surface area (Å²) in [6.07, 6.45) is 0. The molecule has 4 nitrogen and oxygen atoms in total. The fourth-order valence-corrected chi connectivity index (χ4v) is 2.95. The number of rotatable bonds is 5. The maximum atomic E-state index is 12.8. The van der Waals surface area contributed by atoms with E-state index < -0.39 is 0 Å². The van der Waals surface area contributed by atoms with Gasteiger partial charge in [0, 0.05) is 37.2 Å². The lowest BCUT2D eigenvalue weighted by Crippen LogP contribution is -2.30. The Balaban J connectivity index is 2.17. The Morgan fingerprint density at radius 2 is 1.68 bits per heavy atom. The quantitative estimate of drug-likeness (QED) is 0.712. The van der Waals surface area contributed by atoms with Gasteiger partial charge in [-0.25, -0.2) is 0 Å². The minimum Gasteiger partial charge on any atom is -0.345 e. The van der Waals surface area contributed by atoms with Gasteiger partial charge in [-0.3, -0.25) is 9.59 Å². The maximum Gasteiger partial charge on any atom is 0.255 e. The second-order valence-corrected chi connectivity index (χ2v) is 7.16. The molecule has 0 heterocycles. The van der Waals surface area contributed by atoms with Crippen molar-refractivity contribution in [1.29, 1.82) is 0 Å². The van der Waals surface area contributed by atoms with Gasteiger partial charge in [0.1, 0.15) is 0 Å². The number of nitrogens with zero attached hydrogens (tertiary/aromatic N) is 2. The van der Waals surface area contributed by atoms with Gasteiger partial charge in [0.05, 0.1) is 10.6 Å². The van der Waals surface area contributed by atoms with E-state index in [0.717, 1.165) is 10.0 Å². The van der Waals surface area contributed by atoms with Crippen LogP contribution < -0.4 is 0 Å². The number of carbonyl (C=O) groups excluding carboxylic acids is 2. The largest absolute Gasteiger partial charge is 0.345 e. The van der Waals surface area contributed by atoms with Crippen molar-refractivity contribution in [3.05, 3.63) is 68.7 Å². The fraction of sp³-hybridized carbons (Fsp3) is 0.263. The van der Waals surface area contributed by atoms with Crippen LogP contribution in [0.15, 0.2) is 46.9 Å². The van der Waals surface area contributed by atoms with Gasteiger partial charge < -0.3 is 9.80 Å². The molecule has 2 aromatic rings. The number of carbonyl (C=O) groups is 2. The maximum absolute atomic E-state index is 12.8. The van der Waals surface area contributed by atoms with Gasteiger partial charge in [-0.05, 0) is 42.8 Å². The molecule has 132 valence electrons. The molecular weight excluding hydrogens is 404 g/mol. The van der Waals surface area contributed by atoms with Crippen LogP contribution in [0.5, 0.6) is 0 Å². The van der Waals surface area contributed by atoms with Gasteiger partial charge in [0.15, 0.2) is 0 Å². The Morgan fingerprint density at radius 1 is 1.04 bits per heavy atom. The monoisotopic (exact) mass is 422 g/mol. The highest BCUT2D eigenvalue weighted by molar-refractivity contribution is 9.10. The molecule has 2 amide bonds. The fourth-order valence-electron chi connectivity index (χ4n) is 2.39. The van der Waals surface area contributed by atoms with Crippen LogP contribution in [-0.2, 0) is 6.54 Å². The minimum absolute atomic E-state index is 0.0455. The number of hydrogen-bond acceptors (Lipinski definition) is 2. The molecule has 0 aliphatic carbocycles. The van der Waals surface area contributed by atoms with E-state index in [1.807, 2.05) is 19.1 Å². The van der Waals surface area contributed by atoms with Crippen LogP contribution in [0, 0.1) is 0 Å². The normalized spacial score (nSPS) is 10.4. The molecule has 0 fully saturated rings. The molecule has 0 atom stereocenters. The Morgan fingerprint density at radius 3 is 2.24 bits per heavy atom. The zero-order valence-corrected chi connectivity index (χ0v) is 16.8. The minimum atomic E-state index is -0.123. The highest BCUT2D eigenvalue weighted by atomic mass is 79.9. The first kappa shape index (κ1) is 19.5. The number of hydrogen-bond donors (Lipinski definition) is 0. The smallest absolute Gasteiger partial charge is 0.255 e. The summed E-state index contributed by atoms with van der Waals surface area (Å²) in [5, 5.41) is 0.429. The van der Waals surface area contributed by atoms with Crippen molar-refractivity contribution in [2.24, 2.45) is 0 Å². The highest BCUT2D eigenvalue weighted by Gasteiger charge is 2.18. The van der Waals surface area contributed by atoms with E-state index in [4.69, 9.17) is 11.6 Å². The topological polar surface area (TPSA) is 40.6 Å². The molecular formula is C19H20BrClN2O2. The zero-order valence-electron chi connectivity index (χ0n) is 14.4. The molecule has 6 heteroatoms. The molecule has 0 spiro atoms. The zero-order chi connectivity index (χ0) is 18.6. The second-order valence-electron chi connectivity index (χ2n) is 5.84. The van der Waals surface area contributed by atoms with Crippen molar-refractivity contribution in [2.75, 3.05) is 20.6 Å². The molecule has 2 aromatic carbocycles. The van der Waals surface area contributed by atoms with E-state index in [-0.39, 0.29) is 11.8 Å². The van der Waals surface area contributed by atoms with Crippen molar-refractivity contribution in [3.63, 3.8) is 0 Å². The lowest BCUT2D eigenvalue weighted by molar-refractivity contribution is 0.0751. The predicted molar refractivity (Wildman–Crippen MR) is 104 cm³/mol. The molecule has 0 N–H and O–H groups in total. The van der Waals surface area contributed by atoms with E-state index in [0.29, 0.717) is 29.2 Å². The SMILES string of the molecule is CCN(Cc1ccc(C(=O)N(C)C)cc1)C(=O)c1cc(Br)ccc1Cl. The third-order valence-corrected chi connectivity index (χ3v) is 4.63. The Kier molecular flexibility index (Phi) is 6.62. The average Bonchev–Trinajstić information content (AvgIpc) is 2.61. The second kappa shape index (κ2) is 8.50. The van der Waals surface area contributed by atoms with Crippen LogP contribution in [0.1, 0.15) is 33.2 Å².